The van der Waals surface area contributed by atoms with Gasteiger partial charge in [0.05, 0.1) is 0 Å². The molecule has 2 aromatic carbocycles. The molecule has 3 aromatic rings. The Morgan fingerprint density at radius 2 is 1.90 bits per heavy atom. The van der Waals surface area contributed by atoms with Crippen LogP contribution in [0.5, 0.6) is 0 Å². The van der Waals surface area contributed by atoms with Crippen molar-refractivity contribution >= 4 is 46.8 Å². The highest BCUT2D eigenvalue weighted by molar-refractivity contribution is 7.98. The van der Waals surface area contributed by atoms with Gasteiger partial charge < -0.3 is 5.32 Å². The van der Waals surface area contributed by atoms with E-state index in [0.29, 0.717) is 39.7 Å². The highest BCUT2D eigenvalue weighted by Crippen LogP contribution is 2.27. The Morgan fingerprint density at radius 1 is 1.10 bits per heavy atom. The fourth-order valence-corrected chi connectivity index (χ4v) is 3.93. The molecule has 0 spiro atoms. The number of nitrogens with one attached hydrogen (secondary N) is 2. The summed E-state index contributed by atoms with van der Waals surface area (Å²) in [6.07, 6.45) is 0. The fourth-order valence-electron chi connectivity index (χ4n) is 2.65. The summed E-state index contributed by atoms with van der Waals surface area (Å²) in [5.74, 6) is 0.476. The Hall–Kier alpha value is -2.84. The SMILES string of the molecule is CCn1c(NC(=O)c2cccc(NC(C)=O)c2)nnc1SCc1ccccc1Cl. The molecule has 7 nitrogen and oxygen atoms in total. The zero-order valence-corrected chi connectivity index (χ0v) is 17.5. The number of benzene rings is 2. The molecule has 0 unspecified atom stereocenters. The lowest BCUT2D eigenvalue weighted by Gasteiger charge is -2.09. The van der Waals surface area contributed by atoms with E-state index < -0.39 is 0 Å². The van der Waals surface area contributed by atoms with E-state index in [0.717, 1.165) is 5.56 Å². The van der Waals surface area contributed by atoms with Gasteiger partial charge in [-0.15, -0.1) is 10.2 Å². The molecule has 2 amide bonds. The van der Waals surface area contributed by atoms with Gasteiger partial charge in [0.1, 0.15) is 0 Å². The summed E-state index contributed by atoms with van der Waals surface area (Å²) in [7, 11) is 0. The Balaban J connectivity index is 1.72. The number of carbonyl (C=O) groups is 2. The van der Waals surface area contributed by atoms with Crippen molar-refractivity contribution in [2.75, 3.05) is 10.6 Å². The maximum Gasteiger partial charge on any atom is 0.258 e. The molecule has 0 bridgehead atoms. The molecule has 0 atom stereocenters. The molecule has 0 saturated carbocycles. The molecule has 0 aliphatic carbocycles. The van der Waals surface area contributed by atoms with Gasteiger partial charge in [0.15, 0.2) is 5.16 Å². The predicted molar refractivity (Wildman–Crippen MR) is 115 cm³/mol. The number of rotatable bonds is 7. The number of amides is 2. The lowest BCUT2D eigenvalue weighted by molar-refractivity contribution is -0.114. The number of aromatic nitrogens is 3. The van der Waals surface area contributed by atoms with E-state index in [1.54, 1.807) is 24.3 Å². The molecule has 2 N–H and O–H groups in total. The number of anilines is 2. The van der Waals surface area contributed by atoms with Crippen LogP contribution in [0, 0.1) is 0 Å². The van der Waals surface area contributed by atoms with Gasteiger partial charge in [0.2, 0.25) is 11.9 Å². The first-order chi connectivity index (χ1) is 14.0. The number of carbonyl (C=O) groups excluding carboxylic acids is 2. The second-order valence-corrected chi connectivity index (χ2v) is 7.50. The molecule has 0 fully saturated rings. The van der Waals surface area contributed by atoms with Crippen LogP contribution in [-0.4, -0.2) is 26.6 Å². The van der Waals surface area contributed by atoms with Gasteiger partial charge in [-0.1, -0.05) is 47.6 Å². The lowest BCUT2D eigenvalue weighted by Crippen LogP contribution is -2.16. The normalized spacial score (nSPS) is 10.6. The van der Waals surface area contributed by atoms with E-state index >= 15 is 0 Å². The molecular formula is C20H20ClN5O2S. The molecule has 29 heavy (non-hydrogen) atoms. The third-order valence-electron chi connectivity index (χ3n) is 4.02. The van der Waals surface area contributed by atoms with Gasteiger partial charge in [0, 0.05) is 35.5 Å². The highest BCUT2D eigenvalue weighted by Gasteiger charge is 2.16. The largest absolute Gasteiger partial charge is 0.326 e. The van der Waals surface area contributed by atoms with Gasteiger partial charge in [-0.25, -0.2) is 0 Å². The van der Waals surface area contributed by atoms with Crippen molar-refractivity contribution in [3.8, 4) is 0 Å². The smallest absolute Gasteiger partial charge is 0.258 e. The second-order valence-electron chi connectivity index (χ2n) is 6.15. The zero-order chi connectivity index (χ0) is 20.8. The molecule has 3 rings (SSSR count). The van der Waals surface area contributed by atoms with Crippen molar-refractivity contribution in [2.24, 2.45) is 0 Å². The molecule has 1 aromatic heterocycles. The van der Waals surface area contributed by atoms with E-state index in [1.165, 1.54) is 18.7 Å². The maximum atomic E-state index is 12.6. The van der Waals surface area contributed by atoms with Gasteiger partial charge in [-0.2, -0.15) is 0 Å². The minimum Gasteiger partial charge on any atom is -0.326 e. The summed E-state index contributed by atoms with van der Waals surface area (Å²) in [6, 6.07) is 14.3. The number of nitrogens with zero attached hydrogens (tertiary/aromatic N) is 3. The summed E-state index contributed by atoms with van der Waals surface area (Å²) >= 11 is 7.71. The van der Waals surface area contributed by atoms with E-state index in [9.17, 15) is 9.59 Å². The third kappa shape index (κ3) is 5.36. The Bertz CT molecular complexity index is 1040. The van der Waals surface area contributed by atoms with Gasteiger partial charge in [-0.3, -0.25) is 19.5 Å². The summed E-state index contributed by atoms with van der Waals surface area (Å²) in [5.41, 5.74) is 1.97. The Morgan fingerprint density at radius 3 is 2.62 bits per heavy atom. The summed E-state index contributed by atoms with van der Waals surface area (Å²) in [5, 5.41) is 15.2. The average molecular weight is 430 g/mol. The van der Waals surface area contributed by atoms with Crippen LogP contribution in [0.3, 0.4) is 0 Å². The van der Waals surface area contributed by atoms with Crippen LogP contribution in [0.2, 0.25) is 5.02 Å². The van der Waals surface area contributed by atoms with Gasteiger partial charge in [0.25, 0.3) is 5.91 Å². The minimum atomic E-state index is -0.332. The molecule has 0 aliphatic rings. The molecular weight excluding hydrogens is 410 g/mol. The Kier molecular flexibility index (Phi) is 6.90. The van der Waals surface area contributed by atoms with Gasteiger partial charge >= 0.3 is 0 Å². The number of thioether (sulfide) groups is 1. The van der Waals surface area contributed by atoms with E-state index in [1.807, 2.05) is 35.8 Å². The number of hydrogen-bond acceptors (Lipinski definition) is 5. The summed E-state index contributed by atoms with van der Waals surface area (Å²) < 4.78 is 1.83. The Labute approximate surface area is 177 Å². The lowest BCUT2D eigenvalue weighted by atomic mass is 10.2. The van der Waals surface area contributed by atoms with Crippen LogP contribution in [0.25, 0.3) is 0 Å². The van der Waals surface area contributed by atoms with Crippen molar-refractivity contribution in [2.45, 2.75) is 31.3 Å². The topological polar surface area (TPSA) is 88.9 Å². The van der Waals surface area contributed by atoms with Crippen molar-refractivity contribution in [1.82, 2.24) is 14.8 Å². The number of hydrogen-bond donors (Lipinski definition) is 2. The molecule has 0 saturated heterocycles. The van der Waals surface area contributed by atoms with Crippen LogP contribution in [0.15, 0.2) is 53.7 Å². The van der Waals surface area contributed by atoms with Crippen LogP contribution in [-0.2, 0) is 17.1 Å². The van der Waals surface area contributed by atoms with Crippen LogP contribution in [0.4, 0.5) is 11.6 Å². The zero-order valence-electron chi connectivity index (χ0n) is 16.0. The number of halogens is 1. The second kappa shape index (κ2) is 9.58. The fraction of sp³-hybridized carbons (Fsp3) is 0.200. The average Bonchev–Trinajstić information content (AvgIpc) is 3.08. The first-order valence-corrected chi connectivity index (χ1v) is 10.3. The third-order valence-corrected chi connectivity index (χ3v) is 5.40. The van der Waals surface area contributed by atoms with Crippen molar-refractivity contribution in [1.29, 1.82) is 0 Å². The van der Waals surface area contributed by atoms with Crippen LogP contribution in [0.1, 0.15) is 29.8 Å². The minimum absolute atomic E-state index is 0.200. The monoisotopic (exact) mass is 429 g/mol. The summed E-state index contributed by atoms with van der Waals surface area (Å²) in [6.45, 7) is 3.97. The first-order valence-electron chi connectivity index (χ1n) is 8.96. The van der Waals surface area contributed by atoms with Crippen molar-refractivity contribution < 1.29 is 9.59 Å². The van der Waals surface area contributed by atoms with Crippen LogP contribution >= 0.6 is 23.4 Å². The molecule has 9 heteroatoms. The molecule has 0 radical (unpaired) electrons. The highest BCUT2D eigenvalue weighted by atomic mass is 35.5. The van der Waals surface area contributed by atoms with Crippen molar-refractivity contribution in [3.05, 3.63) is 64.7 Å². The molecule has 0 aliphatic heterocycles. The summed E-state index contributed by atoms with van der Waals surface area (Å²) in [4.78, 5) is 23.8. The maximum absolute atomic E-state index is 12.6. The first kappa shape index (κ1) is 20.9. The predicted octanol–water partition coefficient (Wildman–Crippen LogP) is 4.45. The van der Waals surface area contributed by atoms with E-state index in [2.05, 4.69) is 20.8 Å². The van der Waals surface area contributed by atoms with E-state index in [-0.39, 0.29) is 11.8 Å². The van der Waals surface area contributed by atoms with Gasteiger partial charge in [-0.05, 0) is 36.8 Å². The van der Waals surface area contributed by atoms with Crippen molar-refractivity contribution in [3.63, 3.8) is 0 Å². The van der Waals surface area contributed by atoms with Crippen LogP contribution < -0.4 is 10.6 Å². The molecule has 1 heterocycles. The van der Waals surface area contributed by atoms with E-state index in [4.69, 9.17) is 11.6 Å². The quantitative estimate of drug-likeness (QED) is 0.541. The molecule has 150 valence electrons. The standard InChI is InChI=1S/C20H20ClN5O2S/c1-3-26-19(23-18(28)14-8-6-9-16(11-14)22-13(2)27)24-25-20(26)29-12-15-7-4-5-10-17(15)21/h4-11H,3,12H2,1-2H3,(H,22,27)(H,23,24,28).